The van der Waals surface area contributed by atoms with Crippen LogP contribution in [0.4, 0.5) is 8.78 Å². The van der Waals surface area contributed by atoms with Crippen molar-refractivity contribution in [2.45, 2.75) is 67.8 Å². The lowest BCUT2D eigenvalue weighted by molar-refractivity contribution is 0.0955. The molecule has 1 unspecified atom stereocenters. The van der Waals surface area contributed by atoms with Gasteiger partial charge in [0.2, 0.25) is 0 Å². The van der Waals surface area contributed by atoms with Gasteiger partial charge in [0.15, 0.2) is 17.5 Å². The number of aliphatic hydroxyl groups excluding tert-OH is 2. The van der Waals surface area contributed by atoms with Crippen molar-refractivity contribution < 1.29 is 19.0 Å². The fraction of sp³-hybridized carbons (Fsp3) is 0.400. The predicted octanol–water partition coefficient (Wildman–Crippen LogP) is 6.68. The SMILES string of the molecule is CN=C1N=C(N)[C@@](C)(c2cccc(CC(O)CO)c2)CCC(C)(C)CSCCc2c(c(F)c(F)c3[nH]ccc23)Sc2ccnc1c2. The fourth-order valence-electron chi connectivity index (χ4n) is 5.78. The summed E-state index contributed by atoms with van der Waals surface area (Å²) in [7, 11) is 1.62. The third-order valence-electron chi connectivity index (χ3n) is 8.68. The number of pyridine rings is 1. The van der Waals surface area contributed by atoms with Crippen molar-refractivity contribution in [3.8, 4) is 0 Å². The number of aromatic nitrogens is 2. The van der Waals surface area contributed by atoms with E-state index in [9.17, 15) is 10.2 Å². The summed E-state index contributed by atoms with van der Waals surface area (Å²) < 4.78 is 30.8. The topological polar surface area (TPSA) is 120 Å². The van der Waals surface area contributed by atoms with Gasteiger partial charge in [0.25, 0.3) is 0 Å². The van der Waals surface area contributed by atoms with E-state index in [4.69, 9.17) is 10.7 Å². The molecule has 2 bridgehead atoms. The van der Waals surface area contributed by atoms with E-state index in [1.807, 2.05) is 30.3 Å². The summed E-state index contributed by atoms with van der Waals surface area (Å²) in [5.41, 5.74) is 9.41. The number of nitrogens with one attached hydrogen (secondary N) is 1. The molecule has 0 radical (unpaired) electrons. The van der Waals surface area contributed by atoms with E-state index in [1.165, 1.54) is 11.8 Å². The van der Waals surface area contributed by atoms with Crippen LogP contribution in [0.25, 0.3) is 10.9 Å². The number of amidine groups is 2. The summed E-state index contributed by atoms with van der Waals surface area (Å²) in [6.45, 7) is 6.22. The summed E-state index contributed by atoms with van der Waals surface area (Å²) in [5.74, 6) is 0.541. The summed E-state index contributed by atoms with van der Waals surface area (Å²) in [5, 5.41) is 20.2. The quantitative estimate of drug-likeness (QED) is 0.193. The zero-order valence-electron chi connectivity index (χ0n) is 26.6. The van der Waals surface area contributed by atoms with Crippen LogP contribution >= 0.6 is 23.5 Å². The first-order valence-corrected chi connectivity index (χ1v) is 17.3. The van der Waals surface area contributed by atoms with Crippen molar-refractivity contribution in [3.05, 3.63) is 88.9 Å². The van der Waals surface area contributed by atoms with Gasteiger partial charge in [-0.05, 0) is 78.0 Å². The van der Waals surface area contributed by atoms with Gasteiger partial charge in [0.1, 0.15) is 11.5 Å². The summed E-state index contributed by atoms with van der Waals surface area (Å²) in [6.07, 6.45) is 4.82. The second-order valence-corrected chi connectivity index (χ2v) is 15.0. The average Bonchev–Trinajstić information content (AvgIpc) is 3.54. The van der Waals surface area contributed by atoms with E-state index in [2.05, 4.69) is 35.7 Å². The number of aryl methyl sites for hydroxylation is 1. The number of halogens is 2. The zero-order valence-corrected chi connectivity index (χ0v) is 28.2. The van der Waals surface area contributed by atoms with Crippen molar-refractivity contribution in [2.24, 2.45) is 21.1 Å². The standard InChI is InChI=1S/C35H41F2N5O2S2/c1-34(2)11-12-35(3,22-7-5-6-21(16-22)17-23(44)19-43)33(38)42-32(39-4)27-18-24(8-13-40-27)46-31-26(10-15-45-20-34)25-9-14-41-30(25)28(36)29(31)37/h5-9,13-14,16,18,23,41,43-44H,10-12,15,17,19-20H2,1-4H3,(H2,38,39,42)/t23?,35-/m1/s1. The lowest BCUT2D eigenvalue weighted by atomic mass is 9.73. The smallest absolute Gasteiger partial charge is 0.184 e. The van der Waals surface area contributed by atoms with Gasteiger partial charge < -0.3 is 20.9 Å². The van der Waals surface area contributed by atoms with Crippen LogP contribution in [0.3, 0.4) is 0 Å². The molecule has 2 aromatic heterocycles. The van der Waals surface area contributed by atoms with Crippen LogP contribution in [0, 0.1) is 17.0 Å². The molecule has 244 valence electrons. The number of hydrogen-bond donors (Lipinski definition) is 4. The Labute approximate surface area is 277 Å². The Balaban J connectivity index is 1.61. The summed E-state index contributed by atoms with van der Waals surface area (Å²) in [6, 6.07) is 13.3. The minimum Gasteiger partial charge on any atom is -0.394 e. The molecule has 0 aliphatic carbocycles. The molecular formula is C35H41F2N5O2S2. The molecule has 3 heterocycles. The van der Waals surface area contributed by atoms with Crippen molar-refractivity contribution in [1.82, 2.24) is 9.97 Å². The lowest BCUT2D eigenvalue weighted by Gasteiger charge is -2.34. The molecule has 7 nitrogen and oxygen atoms in total. The van der Waals surface area contributed by atoms with Gasteiger partial charge in [0, 0.05) is 41.6 Å². The maximum absolute atomic E-state index is 15.7. The molecule has 0 saturated carbocycles. The Morgan fingerprint density at radius 2 is 1.91 bits per heavy atom. The second-order valence-electron chi connectivity index (χ2n) is 12.8. The molecule has 11 heteroatoms. The predicted molar refractivity (Wildman–Crippen MR) is 185 cm³/mol. The highest BCUT2D eigenvalue weighted by Gasteiger charge is 2.35. The fourth-order valence-corrected chi connectivity index (χ4v) is 8.02. The highest BCUT2D eigenvalue weighted by Crippen LogP contribution is 2.41. The maximum Gasteiger partial charge on any atom is 0.184 e. The summed E-state index contributed by atoms with van der Waals surface area (Å²) in [4.78, 5) is 17.6. The van der Waals surface area contributed by atoms with Crippen LogP contribution < -0.4 is 5.73 Å². The number of thioether (sulfide) groups is 1. The number of fused-ring (bicyclic) bond motifs is 5. The third kappa shape index (κ3) is 7.33. The van der Waals surface area contributed by atoms with Gasteiger partial charge in [-0.15, -0.1) is 0 Å². The number of benzene rings is 2. The van der Waals surface area contributed by atoms with Crippen molar-refractivity contribution in [1.29, 1.82) is 0 Å². The molecule has 0 fully saturated rings. The first-order chi connectivity index (χ1) is 22.0. The van der Waals surface area contributed by atoms with Gasteiger partial charge >= 0.3 is 0 Å². The minimum absolute atomic E-state index is 0.0737. The van der Waals surface area contributed by atoms with Crippen LogP contribution in [-0.4, -0.2) is 63.1 Å². The number of aliphatic imine (C=N–C) groups is 2. The van der Waals surface area contributed by atoms with Crippen molar-refractivity contribution >= 4 is 46.1 Å². The van der Waals surface area contributed by atoms with E-state index in [1.54, 1.807) is 43.3 Å². The second kappa shape index (κ2) is 14.3. The van der Waals surface area contributed by atoms with E-state index >= 15 is 8.78 Å². The third-order valence-corrected chi connectivity index (χ3v) is 11.3. The van der Waals surface area contributed by atoms with Gasteiger partial charge in [-0.1, -0.05) is 49.9 Å². The molecule has 5 N–H and O–H groups in total. The molecule has 1 aliphatic rings. The van der Waals surface area contributed by atoms with Gasteiger partial charge in [-0.3, -0.25) is 9.98 Å². The zero-order chi connectivity index (χ0) is 33.1. The molecule has 0 saturated heterocycles. The number of hydrogen-bond acceptors (Lipinski definition) is 7. The van der Waals surface area contributed by atoms with Crippen LogP contribution in [0.1, 0.15) is 56.0 Å². The Bertz CT molecular complexity index is 1770. The number of nitrogens with two attached hydrogens (primary N) is 1. The number of aliphatic hydroxyl groups is 2. The van der Waals surface area contributed by atoms with Gasteiger partial charge in [0.05, 0.1) is 23.1 Å². The molecule has 4 aromatic rings. The molecule has 0 amide bonds. The van der Waals surface area contributed by atoms with Crippen molar-refractivity contribution in [2.75, 3.05) is 25.2 Å². The van der Waals surface area contributed by atoms with E-state index < -0.39 is 23.2 Å². The summed E-state index contributed by atoms with van der Waals surface area (Å²) >= 11 is 2.97. The first-order valence-electron chi connectivity index (χ1n) is 15.3. The van der Waals surface area contributed by atoms with Crippen LogP contribution in [0.5, 0.6) is 0 Å². The number of nitrogens with zero attached hydrogens (tertiary/aromatic N) is 3. The molecule has 1 aliphatic heterocycles. The Morgan fingerprint density at radius 3 is 2.67 bits per heavy atom. The largest absolute Gasteiger partial charge is 0.394 e. The van der Waals surface area contributed by atoms with Crippen LogP contribution in [-0.2, 0) is 18.3 Å². The maximum atomic E-state index is 15.7. The minimum atomic E-state index is -0.886. The molecule has 0 spiro atoms. The molecular weight excluding hydrogens is 625 g/mol. The highest BCUT2D eigenvalue weighted by molar-refractivity contribution is 7.99. The Kier molecular flexibility index (Phi) is 10.6. The Hall–Kier alpha value is -3.25. The average molecular weight is 666 g/mol. The molecule has 2 aromatic carbocycles. The van der Waals surface area contributed by atoms with E-state index in [-0.39, 0.29) is 22.4 Å². The lowest BCUT2D eigenvalue weighted by Crippen LogP contribution is -2.40. The van der Waals surface area contributed by atoms with Crippen LogP contribution in [0.15, 0.2) is 74.6 Å². The molecule has 46 heavy (non-hydrogen) atoms. The van der Waals surface area contributed by atoms with Gasteiger partial charge in [-0.25, -0.2) is 13.8 Å². The molecule has 5 rings (SSSR count). The van der Waals surface area contributed by atoms with E-state index in [0.29, 0.717) is 46.9 Å². The highest BCUT2D eigenvalue weighted by atomic mass is 32.2. The van der Waals surface area contributed by atoms with E-state index in [0.717, 1.165) is 34.6 Å². The number of rotatable bonds is 4. The first kappa shape index (κ1) is 34.1. The van der Waals surface area contributed by atoms with Crippen LogP contribution in [0.2, 0.25) is 0 Å². The number of H-pyrrole nitrogens is 1. The van der Waals surface area contributed by atoms with Crippen molar-refractivity contribution in [3.63, 3.8) is 0 Å². The van der Waals surface area contributed by atoms with Gasteiger partial charge in [-0.2, -0.15) is 11.8 Å². The monoisotopic (exact) mass is 665 g/mol. The normalized spacial score (nSPS) is 21.0. The molecule has 2 atom stereocenters. The Morgan fingerprint density at radius 1 is 1.11 bits per heavy atom. The number of aromatic amines is 1.